The molecule has 0 saturated carbocycles. The summed E-state index contributed by atoms with van der Waals surface area (Å²) in [6, 6.07) is -0.292. The Kier molecular flexibility index (Phi) is 16.4. The van der Waals surface area contributed by atoms with Crippen molar-refractivity contribution in [2.75, 3.05) is 6.61 Å². The van der Waals surface area contributed by atoms with Crippen LogP contribution in [0.3, 0.4) is 0 Å². The monoisotopic (exact) mass is 371 g/mol. The summed E-state index contributed by atoms with van der Waals surface area (Å²) in [5.74, 6) is -2.04. The number of nitrogens with one attached hydrogen (secondary N) is 1. The molecule has 6 heteroatoms. The van der Waals surface area contributed by atoms with Gasteiger partial charge in [-0.05, 0) is 26.7 Å². The molecule has 1 amide bonds. The predicted octanol–water partition coefficient (Wildman–Crippen LogP) is 4.11. The van der Waals surface area contributed by atoms with Gasteiger partial charge in [0.05, 0.1) is 18.9 Å². The minimum Gasteiger partial charge on any atom is -0.481 e. The summed E-state index contributed by atoms with van der Waals surface area (Å²) in [4.78, 5) is 34.1. The summed E-state index contributed by atoms with van der Waals surface area (Å²) in [5.41, 5.74) is 0.826. The molecule has 0 bridgehead atoms. The SMILES string of the molecule is C=C(/C=C\C)CC(C[C@@H](C)C(=O)OCC)NC(=O)CCC(=O)O.CCC.[HH]. The maximum atomic E-state index is 11.8. The van der Waals surface area contributed by atoms with Crippen LogP contribution in [0.2, 0.25) is 0 Å². The van der Waals surface area contributed by atoms with Crippen molar-refractivity contribution in [3.63, 3.8) is 0 Å². The summed E-state index contributed by atoms with van der Waals surface area (Å²) >= 11 is 0. The van der Waals surface area contributed by atoms with Crippen molar-refractivity contribution >= 4 is 17.8 Å². The first-order valence-corrected chi connectivity index (χ1v) is 9.19. The lowest BCUT2D eigenvalue weighted by atomic mass is 9.96. The second kappa shape index (κ2) is 16.4. The first-order chi connectivity index (χ1) is 12.2. The summed E-state index contributed by atoms with van der Waals surface area (Å²) in [6.45, 7) is 13.8. The number of carboxylic acids is 1. The fourth-order valence-corrected chi connectivity index (χ4v) is 2.14. The zero-order chi connectivity index (χ0) is 20.5. The number of carbonyl (C=O) groups is 3. The maximum absolute atomic E-state index is 11.8. The lowest BCUT2D eigenvalue weighted by Crippen LogP contribution is -2.37. The lowest BCUT2D eigenvalue weighted by molar-refractivity contribution is -0.148. The van der Waals surface area contributed by atoms with Gasteiger partial charge in [-0.1, -0.05) is 51.5 Å². The Morgan fingerprint density at radius 2 is 1.81 bits per heavy atom. The molecule has 0 aromatic carbocycles. The van der Waals surface area contributed by atoms with E-state index < -0.39 is 5.97 Å². The first kappa shape index (κ1) is 26.1. The zero-order valence-electron chi connectivity index (χ0n) is 16.8. The maximum Gasteiger partial charge on any atom is 0.308 e. The molecule has 0 aromatic rings. The number of amides is 1. The van der Waals surface area contributed by atoms with Crippen LogP contribution in [0.5, 0.6) is 0 Å². The second-order valence-corrected chi connectivity index (χ2v) is 6.12. The van der Waals surface area contributed by atoms with Crippen molar-refractivity contribution < 1.29 is 25.7 Å². The number of carbonyl (C=O) groups excluding carboxylic acids is 2. The fraction of sp³-hybridized carbons (Fsp3) is 0.650. The molecule has 0 radical (unpaired) electrons. The molecule has 6 nitrogen and oxygen atoms in total. The van der Waals surface area contributed by atoms with Crippen molar-refractivity contribution in [2.45, 2.75) is 72.8 Å². The second-order valence-electron chi connectivity index (χ2n) is 6.12. The Balaban J connectivity index is -0.00000134. The number of esters is 1. The van der Waals surface area contributed by atoms with E-state index in [2.05, 4.69) is 25.7 Å². The number of carboxylic acid groups (broad SMARTS) is 1. The average molecular weight is 372 g/mol. The van der Waals surface area contributed by atoms with Gasteiger partial charge >= 0.3 is 11.9 Å². The van der Waals surface area contributed by atoms with E-state index in [1.54, 1.807) is 13.8 Å². The van der Waals surface area contributed by atoms with E-state index in [4.69, 9.17) is 9.84 Å². The number of hydrogen-bond acceptors (Lipinski definition) is 4. The molecule has 0 fully saturated rings. The third-order valence-electron chi connectivity index (χ3n) is 3.17. The standard InChI is InChI=1S/C17H27NO5.C3H8.H2/c1-5-7-12(3)10-14(11-13(4)17(22)23-6-2)18-15(19)8-9-16(20)21;1-3-2;/h5,7,13-14H,3,6,8-11H2,1-2,4H3,(H,18,19)(H,20,21);3H2,1-2H3;1H/b7-5-;;/t13-,14?;;/m1../s1. The van der Waals surface area contributed by atoms with Gasteiger partial charge in [0.25, 0.3) is 0 Å². The number of ether oxygens (including phenoxy) is 1. The summed E-state index contributed by atoms with van der Waals surface area (Å²) < 4.78 is 4.98. The van der Waals surface area contributed by atoms with Gasteiger partial charge in [-0.3, -0.25) is 14.4 Å². The van der Waals surface area contributed by atoms with E-state index in [0.29, 0.717) is 19.4 Å². The average Bonchev–Trinajstić information content (AvgIpc) is 2.54. The molecule has 0 aliphatic rings. The first-order valence-electron chi connectivity index (χ1n) is 9.19. The molecule has 26 heavy (non-hydrogen) atoms. The summed E-state index contributed by atoms with van der Waals surface area (Å²) in [6.07, 6.45) is 5.53. The van der Waals surface area contributed by atoms with Crippen LogP contribution in [-0.2, 0) is 19.1 Å². The van der Waals surface area contributed by atoms with Gasteiger partial charge in [-0.2, -0.15) is 0 Å². The normalized spacial score (nSPS) is 12.5. The quantitative estimate of drug-likeness (QED) is 0.421. The number of rotatable bonds is 11. The van der Waals surface area contributed by atoms with Crippen LogP contribution in [0, 0.1) is 5.92 Å². The molecule has 1 unspecified atom stereocenters. The van der Waals surface area contributed by atoms with Gasteiger partial charge in [0.15, 0.2) is 0 Å². The summed E-state index contributed by atoms with van der Waals surface area (Å²) in [7, 11) is 0. The van der Waals surface area contributed by atoms with Gasteiger partial charge in [0.1, 0.15) is 0 Å². The van der Waals surface area contributed by atoms with Crippen LogP contribution in [0.15, 0.2) is 24.3 Å². The largest absolute Gasteiger partial charge is 0.481 e. The number of allylic oxidation sites excluding steroid dienone is 2. The number of aliphatic carboxylic acids is 1. The predicted molar refractivity (Wildman–Crippen MR) is 106 cm³/mol. The highest BCUT2D eigenvalue weighted by molar-refractivity contribution is 5.81. The Hall–Kier alpha value is -2.11. The molecule has 0 heterocycles. The van der Waals surface area contributed by atoms with Crippen LogP contribution in [0.1, 0.15) is 68.1 Å². The van der Waals surface area contributed by atoms with Crippen LogP contribution in [0.4, 0.5) is 0 Å². The van der Waals surface area contributed by atoms with Gasteiger partial charge in [0.2, 0.25) is 5.91 Å². The molecule has 0 rings (SSSR count). The molecular weight excluding hydrogens is 334 g/mol. The Morgan fingerprint density at radius 1 is 1.23 bits per heavy atom. The third kappa shape index (κ3) is 15.4. The van der Waals surface area contributed by atoms with Crippen molar-refractivity contribution in [1.82, 2.24) is 5.32 Å². The molecule has 2 N–H and O–H groups in total. The fourth-order valence-electron chi connectivity index (χ4n) is 2.14. The Bertz CT molecular complexity index is 477. The summed E-state index contributed by atoms with van der Waals surface area (Å²) in [5, 5.41) is 11.4. The minimum atomic E-state index is -1.02. The van der Waals surface area contributed by atoms with Crippen molar-refractivity contribution in [3.05, 3.63) is 24.3 Å². The molecular formula is C20H37NO5. The van der Waals surface area contributed by atoms with E-state index >= 15 is 0 Å². The molecule has 0 saturated heterocycles. The zero-order valence-corrected chi connectivity index (χ0v) is 16.8. The van der Waals surface area contributed by atoms with E-state index in [1.165, 1.54) is 6.42 Å². The highest BCUT2D eigenvalue weighted by Crippen LogP contribution is 2.15. The van der Waals surface area contributed by atoms with Gasteiger partial charge in [-0.15, -0.1) is 0 Å². The van der Waals surface area contributed by atoms with Crippen molar-refractivity contribution in [1.29, 1.82) is 0 Å². The number of hydrogen-bond donors (Lipinski definition) is 2. The van der Waals surface area contributed by atoms with Crippen molar-refractivity contribution in [3.8, 4) is 0 Å². The van der Waals surface area contributed by atoms with Gasteiger partial charge in [-0.25, -0.2) is 0 Å². The third-order valence-corrected chi connectivity index (χ3v) is 3.17. The van der Waals surface area contributed by atoms with Crippen LogP contribution >= 0.6 is 0 Å². The van der Waals surface area contributed by atoms with Crippen LogP contribution in [-0.4, -0.2) is 35.6 Å². The van der Waals surface area contributed by atoms with Crippen LogP contribution < -0.4 is 5.32 Å². The highest BCUT2D eigenvalue weighted by Gasteiger charge is 2.22. The molecule has 0 aliphatic heterocycles. The Morgan fingerprint density at radius 3 is 2.27 bits per heavy atom. The van der Waals surface area contributed by atoms with Crippen molar-refractivity contribution in [2.24, 2.45) is 5.92 Å². The van der Waals surface area contributed by atoms with Crippen LogP contribution in [0.25, 0.3) is 0 Å². The van der Waals surface area contributed by atoms with E-state index in [1.807, 2.05) is 19.1 Å². The minimum absolute atomic E-state index is 0. The molecule has 152 valence electrons. The van der Waals surface area contributed by atoms with E-state index in [-0.39, 0.29) is 38.1 Å². The highest BCUT2D eigenvalue weighted by atomic mass is 16.5. The topological polar surface area (TPSA) is 92.7 Å². The van der Waals surface area contributed by atoms with E-state index in [9.17, 15) is 14.4 Å². The smallest absolute Gasteiger partial charge is 0.308 e. The molecule has 0 spiro atoms. The van der Waals surface area contributed by atoms with Gasteiger partial charge in [0, 0.05) is 13.9 Å². The van der Waals surface area contributed by atoms with E-state index in [0.717, 1.165) is 5.57 Å². The molecule has 0 aliphatic carbocycles. The van der Waals surface area contributed by atoms with Gasteiger partial charge < -0.3 is 15.2 Å². The molecule has 2 atom stereocenters. The Labute approximate surface area is 159 Å². The lowest BCUT2D eigenvalue weighted by Gasteiger charge is -2.22. The molecule has 0 aromatic heterocycles.